The van der Waals surface area contributed by atoms with Crippen molar-refractivity contribution >= 4 is 40.1 Å². The lowest BCUT2D eigenvalue weighted by atomic mass is 10.1. The number of thiazole rings is 1. The second kappa shape index (κ2) is 9.11. The van der Waals surface area contributed by atoms with Gasteiger partial charge in [0.25, 0.3) is 5.91 Å². The van der Waals surface area contributed by atoms with E-state index in [4.69, 9.17) is 11.6 Å². The van der Waals surface area contributed by atoms with Crippen LogP contribution in [0.2, 0.25) is 5.02 Å². The first-order valence-corrected chi connectivity index (χ1v) is 9.74. The summed E-state index contributed by atoms with van der Waals surface area (Å²) in [5.41, 5.74) is 0.112. The number of alkyl halides is 3. The molecule has 0 saturated heterocycles. The molecule has 0 fully saturated rings. The molecule has 3 aromatic rings. The molecule has 0 aliphatic heterocycles. The number of rotatable bonds is 5. The highest BCUT2D eigenvalue weighted by molar-refractivity contribution is 7.15. The summed E-state index contributed by atoms with van der Waals surface area (Å²) in [6.07, 6.45) is -1.44. The van der Waals surface area contributed by atoms with Crippen LogP contribution in [0.15, 0.2) is 60.3 Å². The lowest BCUT2D eigenvalue weighted by molar-refractivity contribution is -0.137. The number of halogens is 4. The lowest BCUT2D eigenvalue weighted by Gasteiger charge is -2.09. The van der Waals surface area contributed by atoms with Crippen molar-refractivity contribution in [3.8, 4) is 6.07 Å². The minimum atomic E-state index is -4.47. The van der Waals surface area contributed by atoms with E-state index in [1.54, 1.807) is 24.3 Å². The maximum atomic E-state index is 12.9. The number of carbonyl (C=O) groups is 1. The van der Waals surface area contributed by atoms with Gasteiger partial charge in [-0.2, -0.15) is 18.4 Å². The number of aromatic nitrogens is 1. The first-order valence-electron chi connectivity index (χ1n) is 8.55. The van der Waals surface area contributed by atoms with Gasteiger partial charge in [0.15, 0.2) is 5.13 Å². The van der Waals surface area contributed by atoms with E-state index in [0.717, 1.165) is 23.5 Å². The molecule has 0 aliphatic carbocycles. The molecule has 3 rings (SSSR count). The molecule has 0 aliphatic rings. The van der Waals surface area contributed by atoms with Gasteiger partial charge in [-0.15, -0.1) is 11.3 Å². The molecule has 2 aromatic carbocycles. The van der Waals surface area contributed by atoms with Gasteiger partial charge >= 0.3 is 6.18 Å². The van der Waals surface area contributed by atoms with Gasteiger partial charge in [0.1, 0.15) is 11.6 Å². The number of anilines is 1. The third kappa shape index (κ3) is 5.47. The van der Waals surface area contributed by atoms with Gasteiger partial charge in [-0.25, -0.2) is 4.98 Å². The number of amides is 1. The zero-order valence-corrected chi connectivity index (χ0v) is 16.8. The van der Waals surface area contributed by atoms with Crippen molar-refractivity contribution in [1.82, 2.24) is 4.98 Å². The summed E-state index contributed by atoms with van der Waals surface area (Å²) in [7, 11) is 0. The van der Waals surface area contributed by atoms with E-state index >= 15 is 0 Å². The van der Waals surface area contributed by atoms with Crippen LogP contribution in [0.3, 0.4) is 0 Å². The van der Waals surface area contributed by atoms with E-state index in [-0.39, 0.29) is 22.1 Å². The zero-order valence-electron chi connectivity index (χ0n) is 15.2. The van der Waals surface area contributed by atoms with Crippen molar-refractivity contribution in [2.24, 2.45) is 0 Å². The fraction of sp³-hybridized carbons (Fsp3) is 0.0952. The molecule has 30 heavy (non-hydrogen) atoms. The Bertz CT molecular complexity index is 1130. The summed E-state index contributed by atoms with van der Waals surface area (Å²) in [6.45, 7) is 0. The van der Waals surface area contributed by atoms with Crippen molar-refractivity contribution in [2.45, 2.75) is 12.6 Å². The van der Waals surface area contributed by atoms with Crippen LogP contribution in [0, 0.1) is 11.3 Å². The lowest BCUT2D eigenvalue weighted by Crippen LogP contribution is -2.13. The van der Waals surface area contributed by atoms with Crippen LogP contribution in [0.1, 0.15) is 21.6 Å². The van der Waals surface area contributed by atoms with Crippen LogP contribution < -0.4 is 5.32 Å². The van der Waals surface area contributed by atoms with E-state index in [1.807, 2.05) is 12.1 Å². The molecule has 1 aromatic heterocycles. The number of benzene rings is 2. The minimum Gasteiger partial charge on any atom is -0.297 e. The van der Waals surface area contributed by atoms with E-state index in [0.29, 0.717) is 16.0 Å². The van der Waals surface area contributed by atoms with Crippen LogP contribution in [0.25, 0.3) is 6.08 Å². The SMILES string of the molecule is N#C/C(=C\c1ccccc1)C(=O)Nc1ncc(Cc2cc(C(F)(F)F)ccc2Cl)s1. The average molecular weight is 448 g/mol. The molecule has 0 unspecified atom stereocenters. The maximum Gasteiger partial charge on any atom is 0.416 e. The molecule has 1 N–H and O–H groups in total. The topological polar surface area (TPSA) is 65.8 Å². The normalized spacial score (nSPS) is 11.8. The quantitative estimate of drug-likeness (QED) is 0.388. The highest BCUT2D eigenvalue weighted by atomic mass is 35.5. The Hall–Kier alpha value is -3.15. The van der Waals surface area contributed by atoms with E-state index in [1.165, 1.54) is 18.3 Å². The zero-order chi connectivity index (χ0) is 21.7. The first-order chi connectivity index (χ1) is 14.3. The Morgan fingerprint density at radius 2 is 1.97 bits per heavy atom. The minimum absolute atomic E-state index is 0.0983. The number of nitrogens with zero attached hydrogens (tertiary/aromatic N) is 2. The van der Waals surface area contributed by atoms with Crippen molar-refractivity contribution in [3.63, 3.8) is 0 Å². The molecule has 1 heterocycles. The Morgan fingerprint density at radius 3 is 2.63 bits per heavy atom. The molecular formula is C21H13ClF3N3OS. The second-order valence-corrected chi connectivity index (χ2v) is 7.67. The summed E-state index contributed by atoms with van der Waals surface area (Å²) in [6, 6.07) is 13.9. The third-order valence-electron chi connectivity index (χ3n) is 3.99. The fourth-order valence-electron chi connectivity index (χ4n) is 2.55. The maximum absolute atomic E-state index is 12.9. The number of carbonyl (C=O) groups excluding carboxylic acids is 1. The second-order valence-electron chi connectivity index (χ2n) is 6.15. The Kier molecular flexibility index (Phi) is 6.55. The van der Waals surface area contributed by atoms with Gasteiger partial charge in [-0.05, 0) is 35.4 Å². The summed E-state index contributed by atoms with van der Waals surface area (Å²) < 4.78 is 38.8. The summed E-state index contributed by atoms with van der Waals surface area (Å²) in [4.78, 5) is 17.0. The molecule has 0 spiro atoms. The van der Waals surface area contributed by atoms with Gasteiger partial charge in [0, 0.05) is 22.5 Å². The fourth-order valence-corrected chi connectivity index (χ4v) is 3.57. The molecule has 0 radical (unpaired) electrons. The molecular weight excluding hydrogens is 435 g/mol. The van der Waals surface area contributed by atoms with Gasteiger partial charge in [-0.3, -0.25) is 10.1 Å². The predicted molar refractivity (Wildman–Crippen MR) is 110 cm³/mol. The molecule has 0 atom stereocenters. The predicted octanol–water partition coefficient (Wildman–Crippen LogP) is 5.95. The van der Waals surface area contributed by atoms with Crippen LogP contribution >= 0.6 is 22.9 Å². The highest BCUT2D eigenvalue weighted by Crippen LogP contribution is 2.33. The number of hydrogen-bond acceptors (Lipinski definition) is 4. The number of nitriles is 1. The molecule has 0 bridgehead atoms. The molecule has 9 heteroatoms. The van der Waals surface area contributed by atoms with Crippen LogP contribution in [0.5, 0.6) is 0 Å². The Morgan fingerprint density at radius 1 is 1.23 bits per heavy atom. The molecule has 1 amide bonds. The molecule has 152 valence electrons. The standard InChI is InChI=1S/C21H13ClF3N3OS/c22-18-7-6-16(21(23,24)25)9-14(18)10-17-12-27-20(30-17)28-19(29)15(11-26)8-13-4-2-1-3-5-13/h1-9,12H,10H2,(H,27,28,29)/b15-8+. The Balaban J connectivity index is 1.73. The van der Waals surface area contributed by atoms with E-state index in [2.05, 4.69) is 10.3 Å². The van der Waals surface area contributed by atoms with Crippen LogP contribution in [-0.4, -0.2) is 10.9 Å². The average Bonchev–Trinajstić information content (AvgIpc) is 3.14. The van der Waals surface area contributed by atoms with E-state index in [9.17, 15) is 23.2 Å². The largest absolute Gasteiger partial charge is 0.416 e. The highest BCUT2D eigenvalue weighted by Gasteiger charge is 2.31. The monoisotopic (exact) mass is 447 g/mol. The Labute approximate surface area is 179 Å². The van der Waals surface area contributed by atoms with Gasteiger partial charge < -0.3 is 0 Å². The van der Waals surface area contributed by atoms with E-state index < -0.39 is 17.6 Å². The van der Waals surface area contributed by atoms with Crippen LogP contribution in [0.4, 0.5) is 18.3 Å². The summed E-state index contributed by atoms with van der Waals surface area (Å²) >= 11 is 7.12. The smallest absolute Gasteiger partial charge is 0.297 e. The number of nitrogens with one attached hydrogen (secondary N) is 1. The van der Waals surface area contributed by atoms with Crippen molar-refractivity contribution in [2.75, 3.05) is 5.32 Å². The molecule has 4 nitrogen and oxygen atoms in total. The first kappa shape index (κ1) is 21.6. The van der Waals surface area contributed by atoms with Crippen molar-refractivity contribution in [3.05, 3.63) is 86.9 Å². The van der Waals surface area contributed by atoms with Gasteiger partial charge in [-0.1, -0.05) is 41.9 Å². The van der Waals surface area contributed by atoms with Crippen molar-refractivity contribution < 1.29 is 18.0 Å². The number of hydrogen-bond donors (Lipinski definition) is 1. The third-order valence-corrected chi connectivity index (χ3v) is 5.27. The summed E-state index contributed by atoms with van der Waals surface area (Å²) in [5.74, 6) is -0.626. The summed E-state index contributed by atoms with van der Waals surface area (Å²) in [5, 5.41) is 12.2. The van der Waals surface area contributed by atoms with Gasteiger partial charge in [0.2, 0.25) is 0 Å². The van der Waals surface area contributed by atoms with Gasteiger partial charge in [0.05, 0.1) is 5.56 Å². The van der Waals surface area contributed by atoms with Crippen molar-refractivity contribution in [1.29, 1.82) is 5.26 Å². The van der Waals surface area contributed by atoms with Crippen LogP contribution in [-0.2, 0) is 17.4 Å². The molecule has 0 saturated carbocycles.